The molecule has 0 saturated heterocycles. The fraction of sp³-hybridized carbons (Fsp3) is 0.364. The third-order valence-electron chi connectivity index (χ3n) is 1.89. The predicted molar refractivity (Wildman–Crippen MR) is 59.6 cm³/mol. The molecule has 4 heteroatoms. The molecule has 1 amide bonds. The van der Waals surface area contributed by atoms with Gasteiger partial charge in [-0.05, 0) is 26.0 Å². The molecule has 0 spiro atoms. The van der Waals surface area contributed by atoms with E-state index in [1.54, 1.807) is 31.2 Å². The number of nitrogens with one attached hydrogen (secondary N) is 1. The highest BCUT2D eigenvalue weighted by molar-refractivity contribution is 5.80. The maximum atomic E-state index is 11.4. The lowest BCUT2D eigenvalue weighted by Crippen LogP contribution is -2.36. The van der Waals surface area contributed by atoms with Gasteiger partial charge in [0.2, 0.25) is 0 Å². The van der Waals surface area contributed by atoms with Crippen LogP contribution in [0.1, 0.15) is 13.8 Å². The van der Waals surface area contributed by atoms with E-state index >= 15 is 0 Å². The summed E-state index contributed by atoms with van der Waals surface area (Å²) in [5.41, 5.74) is 6.21. The molecule has 0 unspecified atom stereocenters. The van der Waals surface area contributed by atoms with E-state index in [9.17, 15) is 4.79 Å². The summed E-state index contributed by atoms with van der Waals surface area (Å²) < 4.78 is 5.42. The van der Waals surface area contributed by atoms with Crippen molar-refractivity contribution in [3.05, 3.63) is 24.3 Å². The van der Waals surface area contributed by atoms with E-state index in [0.717, 1.165) is 0 Å². The first-order valence-electron chi connectivity index (χ1n) is 4.93. The van der Waals surface area contributed by atoms with Gasteiger partial charge in [0.05, 0.1) is 0 Å². The van der Waals surface area contributed by atoms with Gasteiger partial charge in [0, 0.05) is 18.3 Å². The van der Waals surface area contributed by atoms with Crippen molar-refractivity contribution in [2.45, 2.75) is 20.0 Å². The Labute approximate surface area is 89.4 Å². The highest BCUT2D eigenvalue weighted by Gasteiger charge is 2.12. The van der Waals surface area contributed by atoms with Gasteiger partial charge in [0.25, 0.3) is 5.91 Å². The number of anilines is 1. The highest BCUT2D eigenvalue weighted by Crippen LogP contribution is 2.15. The van der Waals surface area contributed by atoms with Crippen LogP contribution in [0.3, 0.4) is 0 Å². The number of nitrogen functional groups attached to an aromatic ring is 1. The lowest BCUT2D eigenvalue weighted by molar-refractivity contribution is -0.127. The van der Waals surface area contributed by atoms with Crippen LogP contribution < -0.4 is 15.8 Å². The Kier molecular flexibility index (Phi) is 3.97. The van der Waals surface area contributed by atoms with Crippen molar-refractivity contribution in [3.8, 4) is 5.75 Å². The molecular weight excluding hydrogens is 192 g/mol. The Morgan fingerprint density at radius 1 is 1.60 bits per heavy atom. The van der Waals surface area contributed by atoms with E-state index in [-0.39, 0.29) is 5.91 Å². The second-order valence-electron chi connectivity index (χ2n) is 3.23. The van der Waals surface area contributed by atoms with Crippen molar-refractivity contribution >= 4 is 11.6 Å². The van der Waals surface area contributed by atoms with E-state index in [1.165, 1.54) is 0 Å². The smallest absolute Gasteiger partial charge is 0.260 e. The van der Waals surface area contributed by atoms with Crippen molar-refractivity contribution < 1.29 is 9.53 Å². The number of nitrogens with two attached hydrogens (primary N) is 1. The van der Waals surface area contributed by atoms with Crippen LogP contribution in [-0.4, -0.2) is 18.6 Å². The summed E-state index contributed by atoms with van der Waals surface area (Å²) in [7, 11) is 0. The van der Waals surface area contributed by atoms with Gasteiger partial charge in [-0.3, -0.25) is 4.79 Å². The zero-order valence-electron chi connectivity index (χ0n) is 8.99. The monoisotopic (exact) mass is 208 g/mol. The number of rotatable bonds is 4. The lowest BCUT2D eigenvalue weighted by atomic mass is 10.3. The number of carbonyl (C=O) groups excluding carboxylic acids is 1. The summed E-state index contributed by atoms with van der Waals surface area (Å²) in [5.74, 6) is 0.480. The molecule has 1 rings (SSSR count). The van der Waals surface area contributed by atoms with Crippen molar-refractivity contribution in [3.63, 3.8) is 0 Å². The predicted octanol–water partition coefficient (Wildman–Crippen LogP) is 1.17. The second kappa shape index (κ2) is 5.24. The van der Waals surface area contributed by atoms with E-state index in [0.29, 0.717) is 18.0 Å². The number of benzene rings is 1. The van der Waals surface area contributed by atoms with Crippen molar-refractivity contribution in [1.82, 2.24) is 5.32 Å². The first kappa shape index (κ1) is 11.4. The minimum atomic E-state index is -0.508. The molecular formula is C11H16N2O2. The Bertz CT molecular complexity index is 339. The molecule has 82 valence electrons. The van der Waals surface area contributed by atoms with Crippen LogP contribution in [-0.2, 0) is 4.79 Å². The third kappa shape index (κ3) is 3.50. The topological polar surface area (TPSA) is 64.3 Å². The summed E-state index contributed by atoms with van der Waals surface area (Å²) in [4.78, 5) is 11.4. The van der Waals surface area contributed by atoms with Crippen molar-refractivity contribution in [1.29, 1.82) is 0 Å². The highest BCUT2D eigenvalue weighted by atomic mass is 16.5. The molecule has 0 saturated carbocycles. The largest absolute Gasteiger partial charge is 0.481 e. The van der Waals surface area contributed by atoms with Crippen molar-refractivity contribution in [2.75, 3.05) is 12.3 Å². The average molecular weight is 208 g/mol. The van der Waals surface area contributed by atoms with Gasteiger partial charge in [-0.1, -0.05) is 6.07 Å². The Morgan fingerprint density at radius 2 is 2.33 bits per heavy atom. The zero-order valence-corrected chi connectivity index (χ0v) is 8.99. The molecule has 4 nitrogen and oxygen atoms in total. The van der Waals surface area contributed by atoms with Gasteiger partial charge in [0.1, 0.15) is 5.75 Å². The quantitative estimate of drug-likeness (QED) is 0.730. The van der Waals surface area contributed by atoms with Crippen LogP contribution in [0.15, 0.2) is 24.3 Å². The third-order valence-corrected chi connectivity index (χ3v) is 1.89. The minimum Gasteiger partial charge on any atom is -0.481 e. The van der Waals surface area contributed by atoms with Crippen LogP contribution in [0.4, 0.5) is 5.69 Å². The Morgan fingerprint density at radius 3 is 2.93 bits per heavy atom. The zero-order chi connectivity index (χ0) is 11.3. The molecule has 0 aliphatic rings. The number of ether oxygens (including phenoxy) is 1. The van der Waals surface area contributed by atoms with Gasteiger partial charge in [-0.25, -0.2) is 0 Å². The molecule has 0 bridgehead atoms. The SMILES string of the molecule is CCNC(=O)[C@@H](C)Oc1cccc(N)c1. The standard InChI is InChI=1S/C11H16N2O2/c1-3-13-11(14)8(2)15-10-6-4-5-9(12)7-10/h4-8H,3,12H2,1-2H3,(H,13,14)/t8-/m1/s1. The normalized spacial score (nSPS) is 11.9. The molecule has 0 radical (unpaired) electrons. The molecule has 1 atom stereocenters. The van der Waals surface area contributed by atoms with E-state index in [2.05, 4.69) is 5.32 Å². The summed E-state index contributed by atoms with van der Waals surface area (Å²) in [6.07, 6.45) is -0.508. The first-order valence-corrected chi connectivity index (χ1v) is 4.93. The maximum Gasteiger partial charge on any atom is 0.260 e. The van der Waals surface area contributed by atoms with Gasteiger partial charge in [0.15, 0.2) is 6.10 Å². The minimum absolute atomic E-state index is 0.125. The van der Waals surface area contributed by atoms with Crippen LogP contribution >= 0.6 is 0 Å². The average Bonchev–Trinajstić information content (AvgIpc) is 2.18. The first-order chi connectivity index (χ1) is 7.13. The van der Waals surface area contributed by atoms with Gasteiger partial charge in [-0.15, -0.1) is 0 Å². The van der Waals surface area contributed by atoms with E-state index in [1.807, 2.05) is 6.92 Å². The Balaban J connectivity index is 2.58. The van der Waals surface area contributed by atoms with Crippen molar-refractivity contribution in [2.24, 2.45) is 0 Å². The fourth-order valence-corrected chi connectivity index (χ4v) is 1.16. The summed E-state index contributed by atoms with van der Waals surface area (Å²) in [5, 5.41) is 2.68. The molecule has 3 N–H and O–H groups in total. The number of likely N-dealkylation sites (N-methyl/N-ethyl adjacent to an activating group) is 1. The molecule has 0 aliphatic heterocycles. The fourth-order valence-electron chi connectivity index (χ4n) is 1.16. The van der Waals surface area contributed by atoms with Crippen LogP contribution in [0.5, 0.6) is 5.75 Å². The van der Waals surface area contributed by atoms with Crippen LogP contribution in [0.2, 0.25) is 0 Å². The van der Waals surface area contributed by atoms with E-state index in [4.69, 9.17) is 10.5 Å². The van der Waals surface area contributed by atoms with Gasteiger partial charge < -0.3 is 15.8 Å². The number of carbonyl (C=O) groups is 1. The molecule has 0 aromatic heterocycles. The van der Waals surface area contributed by atoms with Crippen LogP contribution in [0.25, 0.3) is 0 Å². The Hall–Kier alpha value is -1.71. The molecule has 1 aromatic carbocycles. The molecule has 0 aliphatic carbocycles. The van der Waals surface area contributed by atoms with Gasteiger partial charge in [-0.2, -0.15) is 0 Å². The summed E-state index contributed by atoms with van der Waals surface area (Å²) in [6.45, 7) is 4.17. The molecule has 15 heavy (non-hydrogen) atoms. The maximum absolute atomic E-state index is 11.4. The number of amides is 1. The van der Waals surface area contributed by atoms with Crippen LogP contribution in [0, 0.1) is 0 Å². The number of hydrogen-bond acceptors (Lipinski definition) is 3. The second-order valence-corrected chi connectivity index (χ2v) is 3.23. The summed E-state index contributed by atoms with van der Waals surface area (Å²) in [6, 6.07) is 7.01. The molecule has 0 heterocycles. The lowest BCUT2D eigenvalue weighted by Gasteiger charge is -2.14. The molecule has 1 aromatic rings. The summed E-state index contributed by atoms with van der Waals surface area (Å²) >= 11 is 0. The molecule has 0 fully saturated rings. The van der Waals surface area contributed by atoms with Gasteiger partial charge >= 0.3 is 0 Å². The van der Waals surface area contributed by atoms with E-state index < -0.39 is 6.10 Å². The number of hydrogen-bond donors (Lipinski definition) is 2.